The van der Waals surface area contributed by atoms with E-state index in [1.54, 1.807) is 13.0 Å². The topological polar surface area (TPSA) is 47.1 Å². The number of alkyl halides is 3. The number of hydrogen-bond donors (Lipinski definition) is 1. The van der Waals surface area contributed by atoms with Crippen molar-refractivity contribution in [3.8, 4) is 16.9 Å². The number of aryl methyl sites for hydroxylation is 1. The fourth-order valence-electron chi connectivity index (χ4n) is 2.57. The maximum Gasteiger partial charge on any atom is 0.416 e. The molecule has 2 heterocycles. The molecular formula is C16H17F3N2O2. The standard InChI is InChI=1S/C16H17F3N2O2/c1-10-15(7-20-21-10)12-4-13(16(17,18)19)6-14(5-12)23-9-11-2-3-22-8-11/h4-7,11H,2-3,8-9H2,1H3,(H,20,21). The highest BCUT2D eigenvalue weighted by Gasteiger charge is 2.32. The van der Waals surface area contributed by atoms with E-state index >= 15 is 0 Å². The minimum atomic E-state index is -4.43. The van der Waals surface area contributed by atoms with Gasteiger partial charge in [0.2, 0.25) is 0 Å². The van der Waals surface area contributed by atoms with Crippen LogP contribution in [0.3, 0.4) is 0 Å². The Labute approximate surface area is 131 Å². The largest absolute Gasteiger partial charge is 0.493 e. The molecule has 2 aromatic rings. The first-order chi connectivity index (χ1) is 10.9. The molecule has 0 amide bonds. The molecule has 1 unspecified atom stereocenters. The lowest BCUT2D eigenvalue weighted by atomic mass is 10.0. The summed E-state index contributed by atoms with van der Waals surface area (Å²) in [6.45, 7) is 3.38. The summed E-state index contributed by atoms with van der Waals surface area (Å²) in [5.74, 6) is 0.436. The molecule has 0 radical (unpaired) electrons. The first kappa shape index (κ1) is 15.9. The van der Waals surface area contributed by atoms with E-state index in [0.717, 1.165) is 18.6 Å². The summed E-state index contributed by atoms with van der Waals surface area (Å²) in [4.78, 5) is 0. The molecule has 1 aliphatic heterocycles. The molecule has 0 spiro atoms. The van der Waals surface area contributed by atoms with Crippen LogP contribution in [0, 0.1) is 12.8 Å². The maximum atomic E-state index is 13.1. The molecule has 1 N–H and O–H groups in total. The summed E-state index contributed by atoms with van der Waals surface area (Å²) >= 11 is 0. The van der Waals surface area contributed by atoms with E-state index in [4.69, 9.17) is 9.47 Å². The SMILES string of the molecule is Cc1[nH]ncc1-c1cc(OCC2CCOC2)cc(C(F)(F)F)c1. The van der Waals surface area contributed by atoms with Gasteiger partial charge in [0.05, 0.1) is 25.0 Å². The zero-order valence-corrected chi connectivity index (χ0v) is 12.6. The monoisotopic (exact) mass is 326 g/mol. The third kappa shape index (κ3) is 3.67. The molecule has 0 aliphatic carbocycles. The van der Waals surface area contributed by atoms with Gasteiger partial charge in [-0.3, -0.25) is 5.10 Å². The maximum absolute atomic E-state index is 13.1. The number of H-pyrrole nitrogens is 1. The molecule has 1 aliphatic rings. The number of nitrogens with zero attached hydrogens (tertiary/aromatic N) is 1. The Bertz CT molecular complexity index is 676. The fraction of sp³-hybridized carbons (Fsp3) is 0.438. The van der Waals surface area contributed by atoms with Gasteiger partial charge in [-0.25, -0.2) is 0 Å². The Morgan fingerprint density at radius 3 is 2.78 bits per heavy atom. The first-order valence-corrected chi connectivity index (χ1v) is 7.36. The van der Waals surface area contributed by atoms with Crippen molar-refractivity contribution in [3.63, 3.8) is 0 Å². The van der Waals surface area contributed by atoms with Crippen LogP contribution in [0.15, 0.2) is 24.4 Å². The number of rotatable bonds is 4. The fourth-order valence-corrected chi connectivity index (χ4v) is 2.57. The van der Waals surface area contributed by atoms with Gasteiger partial charge in [-0.2, -0.15) is 18.3 Å². The number of hydrogen-bond acceptors (Lipinski definition) is 3. The van der Waals surface area contributed by atoms with Crippen LogP contribution in [0.2, 0.25) is 0 Å². The number of benzene rings is 1. The highest BCUT2D eigenvalue weighted by molar-refractivity contribution is 5.67. The Balaban J connectivity index is 1.90. The third-order valence-corrected chi connectivity index (χ3v) is 3.88. The highest BCUT2D eigenvalue weighted by Crippen LogP contribution is 2.36. The van der Waals surface area contributed by atoms with Crippen molar-refractivity contribution >= 4 is 0 Å². The molecule has 1 aromatic carbocycles. The summed E-state index contributed by atoms with van der Waals surface area (Å²) in [6, 6.07) is 3.76. The van der Waals surface area contributed by atoms with Crippen LogP contribution in [-0.4, -0.2) is 30.0 Å². The minimum absolute atomic E-state index is 0.210. The quantitative estimate of drug-likeness (QED) is 0.929. The summed E-state index contributed by atoms with van der Waals surface area (Å²) in [6.07, 6.45) is -2.05. The van der Waals surface area contributed by atoms with E-state index in [2.05, 4.69) is 10.2 Å². The number of nitrogens with one attached hydrogen (secondary N) is 1. The average Bonchev–Trinajstić information content (AvgIpc) is 3.15. The number of aromatic nitrogens is 2. The van der Waals surface area contributed by atoms with Gasteiger partial charge in [-0.1, -0.05) is 0 Å². The van der Waals surface area contributed by atoms with Gasteiger partial charge in [0, 0.05) is 23.8 Å². The van der Waals surface area contributed by atoms with Crippen molar-refractivity contribution < 1.29 is 22.6 Å². The Hall–Kier alpha value is -2.02. The van der Waals surface area contributed by atoms with Gasteiger partial charge in [0.1, 0.15) is 5.75 Å². The molecule has 0 bridgehead atoms. The van der Waals surface area contributed by atoms with E-state index in [-0.39, 0.29) is 11.7 Å². The number of ether oxygens (including phenoxy) is 2. The molecule has 1 fully saturated rings. The van der Waals surface area contributed by atoms with E-state index in [0.29, 0.717) is 36.6 Å². The molecule has 1 saturated heterocycles. The van der Waals surface area contributed by atoms with Crippen molar-refractivity contribution in [3.05, 3.63) is 35.7 Å². The zero-order valence-electron chi connectivity index (χ0n) is 12.6. The highest BCUT2D eigenvalue weighted by atomic mass is 19.4. The van der Waals surface area contributed by atoms with Crippen LogP contribution < -0.4 is 4.74 Å². The molecule has 3 rings (SSSR count). The van der Waals surface area contributed by atoms with Crippen molar-refractivity contribution in [2.24, 2.45) is 5.92 Å². The van der Waals surface area contributed by atoms with Crippen LogP contribution in [0.1, 0.15) is 17.7 Å². The third-order valence-electron chi connectivity index (χ3n) is 3.88. The molecule has 124 valence electrons. The van der Waals surface area contributed by atoms with Crippen LogP contribution in [-0.2, 0) is 10.9 Å². The van der Waals surface area contributed by atoms with Gasteiger partial charge >= 0.3 is 6.18 Å². The van der Waals surface area contributed by atoms with Crippen molar-refractivity contribution in [2.45, 2.75) is 19.5 Å². The van der Waals surface area contributed by atoms with E-state index in [1.807, 2.05) is 0 Å². The minimum Gasteiger partial charge on any atom is -0.493 e. The normalized spacial score (nSPS) is 18.3. The van der Waals surface area contributed by atoms with Crippen LogP contribution in [0.25, 0.3) is 11.1 Å². The van der Waals surface area contributed by atoms with E-state index < -0.39 is 11.7 Å². The molecule has 1 atom stereocenters. The Kier molecular flexibility index (Phi) is 4.30. The average molecular weight is 326 g/mol. The number of halogens is 3. The lowest BCUT2D eigenvalue weighted by molar-refractivity contribution is -0.137. The van der Waals surface area contributed by atoms with Gasteiger partial charge in [-0.15, -0.1) is 0 Å². The second-order valence-electron chi connectivity index (χ2n) is 5.69. The Morgan fingerprint density at radius 2 is 2.17 bits per heavy atom. The second kappa shape index (κ2) is 6.23. The molecule has 4 nitrogen and oxygen atoms in total. The van der Waals surface area contributed by atoms with Gasteiger partial charge in [0.25, 0.3) is 0 Å². The number of aromatic amines is 1. The van der Waals surface area contributed by atoms with Crippen molar-refractivity contribution in [1.82, 2.24) is 10.2 Å². The second-order valence-corrected chi connectivity index (χ2v) is 5.69. The smallest absolute Gasteiger partial charge is 0.416 e. The Morgan fingerprint density at radius 1 is 1.35 bits per heavy atom. The first-order valence-electron chi connectivity index (χ1n) is 7.36. The van der Waals surface area contributed by atoms with Crippen LogP contribution in [0.5, 0.6) is 5.75 Å². The lowest BCUT2D eigenvalue weighted by Gasteiger charge is -2.15. The van der Waals surface area contributed by atoms with Crippen molar-refractivity contribution in [1.29, 1.82) is 0 Å². The molecule has 7 heteroatoms. The van der Waals surface area contributed by atoms with E-state index in [1.165, 1.54) is 6.20 Å². The van der Waals surface area contributed by atoms with Gasteiger partial charge in [-0.05, 0) is 37.1 Å². The molecule has 23 heavy (non-hydrogen) atoms. The summed E-state index contributed by atoms with van der Waals surface area (Å²) in [5.41, 5.74) is 1.04. The molecule has 1 aromatic heterocycles. The predicted octanol–water partition coefficient (Wildman–Crippen LogP) is 3.82. The summed E-state index contributed by atoms with van der Waals surface area (Å²) in [7, 11) is 0. The molecular weight excluding hydrogens is 309 g/mol. The zero-order chi connectivity index (χ0) is 16.4. The lowest BCUT2D eigenvalue weighted by Crippen LogP contribution is -2.12. The van der Waals surface area contributed by atoms with Gasteiger partial charge < -0.3 is 9.47 Å². The molecule has 0 saturated carbocycles. The summed E-state index contributed by atoms with van der Waals surface area (Å²) < 4.78 is 50.2. The van der Waals surface area contributed by atoms with Crippen LogP contribution >= 0.6 is 0 Å². The predicted molar refractivity (Wildman–Crippen MR) is 78.2 cm³/mol. The van der Waals surface area contributed by atoms with Crippen LogP contribution in [0.4, 0.5) is 13.2 Å². The summed E-state index contributed by atoms with van der Waals surface area (Å²) in [5, 5.41) is 6.60. The van der Waals surface area contributed by atoms with Gasteiger partial charge in [0.15, 0.2) is 0 Å². The van der Waals surface area contributed by atoms with E-state index in [9.17, 15) is 13.2 Å². The van der Waals surface area contributed by atoms with Crippen molar-refractivity contribution in [2.75, 3.05) is 19.8 Å².